The summed E-state index contributed by atoms with van der Waals surface area (Å²) < 4.78 is 11.5. The first-order valence-corrected chi connectivity index (χ1v) is 11.6. The monoisotopic (exact) mass is 511 g/mol. The summed E-state index contributed by atoms with van der Waals surface area (Å²) in [5.41, 5.74) is 15.2. The molecule has 2 heterocycles. The van der Waals surface area contributed by atoms with Crippen molar-refractivity contribution < 1.29 is 14.3 Å². The van der Waals surface area contributed by atoms with Gasteiger partial charge in [-0.2, -0.15) is 10.5 Å². The van der Waals surface area contributed by atoms with E-state index in [0.717, 1.165) is 5.56 Å². The van der Waals surface area contributed by atoms with Crippen molar-refractivity contribution in [2.24, 2.45) is 4.99 Å². The average Bonchev–Trinajstić information content (AvgIpc) is 2.89. The number of guanidine groups is 1. The second kappa shape index (κ2) is 11.1. The van der Waals surface area contributed by atoms with Crippen LogP contribution in [-0.4, -0.2) is 30.1 Å². The molecule has 12 heteroatoms. The van der Waals surface area contributed by atoms with Gasteiger partial charge in [0.2, 0.25) is 5.96 Å². The number of carbonyl (C=O) groups is 1. The summed E-state index contributed by atoms with van der Waals surface area (Å²) in [4.78, 5) is 21.2. The molecular weight excluding hydrogens is 486 g/mol. The zero-order valence-corrected chi connectivity index (χ0v) is 20.7. The number of nitrogens with zero attached hydrogens (tertiary/aromatic N) is 4. The molecule has 1 aliphatic rings. The number of benzene rings is 2. The van der Waals surface area contributed by atoms with Crippen molar-refractivity contribution in [2.75, 3.05) is 35.3 Å². The van der Waals surface area contributed by atoms with Gasteiger partial charge in [0, 0.05) is 11.3 Å². The number of hydrogen-bond acceptors (Lipinski definition) is 11. The number of amides is 1. The second-order valence-corrected chi connectivity index (χ2v) is 8.24. The van der Waals surface area contributed by atoms with Crippen LogP contribution in [0.15, 0.2) is 47.5 Å². The number of aliphatic imine (C=N–C) groups is 1. The number of anilines is 4. The number of aromatic nitrogens is 1. The number of rotatable bonds is 7. The van der Waals surface area contributed by atoms with E-state index in [1.165, 1.54) is 0 Å². The van der Waals surface area contributed by atoms with Crippen LogP contribution < -0.4 is 36.9 Å². The summed E-state index contributed by atoms with van der Waals surface area (Å²) in [6, 6.07) is 13.7. The normalized spacial score (nSPS) is 13.6. The number of ether oxygens (including phenoxy) is 2. The molecule has 1 aliphatic heterocycles. The minimum Gasteiger partial charge on any atom is -0.490 e. The van der Waals surface area contributed by atoms with Gasteiger partial charge >= 0.3 is 0 Å². The summed E-state index contributed by atoms with van der Waals surface area (Å²) in [6.45, 7) is 3.88. The number of nitriles is 2. The van der Waals surface area contributed by atoms with E-state index in [1.807, 2.05) is 50.4 Å². The van der Waals surface area contributed by atoms with E-state index < -0.39 is 6.04 Å². The highest BCUT2D eigenvalue weighted by molar-refractivity contribution is 5.98. The van der Waals surface area contributed by atoms with E-state index in [2.05, 4.69) is 25.9 Å². The van der Waals surface area contributed by atoms with Crippen LogP contribution in [0.2, 0.25) is 0 Å². The molecule has 0 aliphatic carbocycles. The molecule has 0 fully saturated rings. The lowest BCUT2D eigenvalue weighted by atomic mass is 9.95. The maximum absolute atomic E-state index is 12.4. The van der Waals surface area contributed by atoms with Gasteiger partial charge in [0.25, 0.3) is 5.91 Å². The largest absolute Gasteiger partial charge is 0.490 e. The third kappa shape index (κ3) is 5.34. The van der Waals surface area contributed by atoms with Crippen molar-refractivity contribution in [3.05, 3.63) is 64.7 Å². The average molecular weight is 512 g/mol. The molecule has 3 aromatic rings. The van der Waals surface area contributed by atoms with Crippen LogP contribution in [0.1, 0.15) is 35.2 Å². The Balaban J connectivity index is 1.64. The molecule has 38 heavy (non-hydrogen) atoms. The third-order valence-corrected chi connectivity index (χ3v) is 5.64. The van der Waals surface area contributed by atoms with Crippen molar-refractivity contribution in [2.45, 2.75) is 19.9 Å². The Morgan fingerprint density at radius 2 is 1.89 bits per heavy atom. The van der Waals surface area contributed by atoms with E-state index in [1.54, 1.807) is 18.2 Å². The third-order valence-electron chi connectivity index (χ3n) is 5.64. The first kappa shape index (κ1) is 25.6. The first-order valence-electron chi connectivity index (χ1n) is 11.6. The molecule has 7 N–H and O–H groups in total. The summed E-state index contributed by atoms with van der Waals surface area (Å²) in [7, 11) is 0. The number of hydrogen-bond donors (Lipinski definition) is 5. The number of carbonyl (C=O) groups excluding carboxylic acids is 1. The summed E-state index contributed by atoms with van der Waals surface area (Å²) in [6.07, 6.45) is 1.81. The molecule has 0 saturated heterocycles. The predicted molar refractivity (Wildman–Crippen MR) is 142 cm³/mol. The van der Waals surface area contributed by atoms with E-state index in [4.69, 9.17) is 26.2 Å². The zero-order chi connectivity index (χ0) is 27.2. The fraction of sp³-hybridized carbons (Fsp3) is 0.192. The van der Waals surface area contributed by atoms with Crippen molar-refractivity contribution in [3.8, 4) is 23.8 Å². The van der Waals surface area contributed by atoms with Gasteiger partial charge < -0.3 is 31.6 Å². The first-order chi connectivity index (χ1) is 18.3. The topological polar surface area (TPSA) is 196 Å². The highest BCUT2D eigenvalue weighted by Gasteiger charge is 2.30. The van der Waals surface area contributed by atoms with Crippen molar-refractivity contribution in [1.82, 2.24) is 10.3 Å². The van der Waals surface area contributed by atoms with E-state index in [0.29, 0.717) is 34.9 Å². The quantitative estimate of drug-likeness (QED) is 0.232. The lowest BCUT2D eigenvalue weighted by Crippen LogP contribution is -2.32. The highest BCUT2D eigenvalue weighted by Crippen LogP contribution is 2.42. The molecule has 0 spiro atoms. The van der Waals surface area contributed by atoms with Crippen molar-refractivity contribution >= 4 is 34.9 Å². The van der Waals surface area contributed by atoms with E-state index >= 15 is 0 Å². The molecule has 2 aromatic carbocycles. The van der Waals surface area contributed by atoms with Gasteiger partial charge in [-0.3, -0.25) is 10.1 Å². The Morgan fingerprint density at radius 1 is 1.13 bits per heavy atom. The number of nitrogens with one attached hydrogen (secondary N) is 3. The molecule has 192 valence electrons. The van der Waals surface area contributed by atoms with Crippen molar-refractivity contribution in [3.63, 3.8) is 0 Å². The molecule has 0 bridgehead atoms. The fourth-order valence-corrected chi connectivity index (χ4v) is 3.88. The van der Waals surface area contributed by atoms with E-state index in [9.17, 15) is 10.1 Å². The molecule has 0 radical (unpaired) electrons. The molecule has 1 unspecified atom stereocenters. The fourth-order valence-electron chi connectivity index (χ4n) is 3.88. The highest BCUT2D eigenvalue weighted by atomic mass is 16.5. The molecule has 4 rings (SSSR count). The molecule has 1 atom stereocenters. The minimum absolute atomic E-state index is 0.0343. The van der Waals surface area contributed by atoms with E-state index in [-0.39, 0.29) is 41.4 Å². The van der Waals surface area contributed by atoms with Gasteiger partial charge in [-0.1, -0.05) is 23.8 Å². The Kier molecular flexibility index (Phi) is 7.45. The smallest absolute Gasteiger partial charge is 0.262 e. The lowest BCUT2D eigenvalue weighted by Gasteiger charge is -2.26. The second-order valence-electron chi connectivity index (χ2n) is 8.24. The van der Waals surface area contributed by atoms with Crippen LogP contribution in [-0.2, 0) is 4.79 Å². The maximum Gasteiger partial charge on any atom is 0.262 e. The number of pyridine rings is 1. The summed E-state index contributed by atoms with van der Waals surface area (Å²) >= 11 is 0. The predicted octanol–water partition coefficient (Wildman–Crippen LogP) is 2.78. The number of nitrogen functional groups attached to an aromatic ring is 2. The minimum atomic E-state index is -0.750. The van der Waals surface area contributed by atoms with Gasteiger partial charge in [0.15, 0.2) is 24.3 Å². The van der Waals surface area contributed by atoms with Crippen LogP contribution in [0.25, 0.3) is 0 Å². The van der Waals surface area contributed by atoms with Crippen molar-refractivity contribution in [1.29, 1.82) is 10.5 Å². The SMILES string of the molecule is CCOc1cc(C2N=C(NC#N)Nc3nc(N)c(C#N)c(N)c32)ccc1OCC(=O)Nc1ccc(C)cc1. The van der Waals surface area contributed by atoms with Crippen LogP contribution in [0.3, 0.4) is 0 Å². The molecule has 0 saturated carbocycles. The molecule has 1 amide bonds. The summed E-state index contributed by atoms with van der Waals surface area (Å²) in [5, 5.41) is 26.7. The Bertz CT molecular complexity index is 1490. The number of aryl methyl sites for hydroxylation is 1. The van der Waals surface area contributed by atoms with Crippen LogP contribution in [0.4, 0.5) is 23.0 Å². The standard InChI is InChI=1S/C26H25N9O3/c1-3-37-19-10-15(6-9-18(19)38-12-20(36)32-16-7-4-14(2)5-8-16)23-21-22(29)17(11-27)24(30)34-25(21)35-26(33-23)31-13-28/h4-10,23H,3,12H2,1-2H3,(H,32,36)(H6,29,30,31,33,34,35). The van der Waals surface area contributed by atoms with Crippen LogP contribution in [0.5, 0.6) is 11.5 Å². The van der Waals surface area contributed by atoms with Gasteiger partial charge in [-0.25, -0.2) is 9.98 Å². The molecule has 12 nitrogen and oxygen atoms in total. The van der Waals surface area contributed by atoms with Gasteiger partial charge in [0.05, 0.1) is 12.3 Å². The Hall–Kier alpha value is -5.49. The molecular formula is C26H25N9O3. The summed E-state index contributed by atoms with van der Waals surface area (Å²) in [5.74, 6) is 0.751. The lowest BCUT2D eigenvalue weighted by molar-refractivity contribution is -0.118. The maximum atomic E-state index is 12.4. The zero-order valence-electron chi connectivity index (χ0n) is 20.7. The molecule has 1 aromatic heterocycles. The van der Waals surface area contributed by atoms with Gasteiger partial charge in [-0.05, 0) is 43.7 Å². The van der Waals surface area contributed by atoms with Crippen LogP contribution in [0, 0.1) is 29.7 Å². The van der Waals surface area contributed by atoms with Gasteiger partial charge in [-0.15, -0.1) is 0 Å². The Morgan fingerprint density at radius 3 is 2.58 bits per heavy atom. The Labute approximate surface area is 218 Å². The number of fused-ring (bicyclic) bond motifs is 1. The number of nitrogens with two attached hydrogens (primary N) is 2. The van der Waals surface area contributed by atoms with Gasteiger partial charge in [0.1, 0.15) is 29.3 Å². The van der Waals surface area contributed by atoms with Crippen LogP contribution >= 0.6 is 0 Å².